The fourth-order valence-electron chi connectivity index (χ4n) is 2.10. The van der Waals surface area contributed by atoms with Gasteiger partial charge in [0.05, 0.1) is 0 Å². The number of amides is 1. The molecule has 0 bridgehead atoms. The van der Waals surface area contributed by atoms with Crippen LogP contribution in [0.2, 0.25) is 0 Å². The van der Waals surface area contributed by atoms with E-state index in [0.29, 0.717) is 0 Å². The van der Waals surface area contributed by atoms with Crippen LogP contribution in [0, 0.1) is 0 Å². The van der Waals surface area contributed by atoms with Gasteiger partial charge in [-0.25, -0.2) is 0 Å². The topological polar surface area (TPSA) is 45.2 Å². The molecule has 0 saturated carbocycles. The van der Waals surface area contributed by atoms with E-state index < -0.39 is 0 Å². The van der Waals surface area contributed by atoms with Crippen LogP contribution in [0.5, 0.6) is 0 Å². The summed E-state index contributed by atoms with van der Waals surface area (Å²) in [6, 6.07) is 3.53. The highest BCUT2D eigenvalue weighted by Crippen LogP contribution is 2.17. The average molecular weight is 219 g/mol. The van der Waals surface area contributed by atoms with Gasteiger partial charge < -0.3 is 10.2 Å². The molecule has 4 heteroatoms. The van der Waals surface area contributed by atoms with Crippen molar-refractivity contribution in [3.8, 4) is 0 Å². The van der Waals surface area contributed by atoms with Gasteiger partial charge in [0, 0.05) is 25.5 Å². The summed E-state index contributed by atoms with van der Waals surface area (Å²) in [6.45, 7) is 1.77. The number of rotatable bonds is 3. The largest absolute Gasteiger partial charge is 0.341 e. The van der Waals surface area contributed by atoms with E-state index >= 15 is 0 Å². The maximum Gasteiger partial charge on any atom is 0.244 e. The van der Waals surface area contributed by atoms with Crippen molar-refractivity contribution in [1.29, 1.82) is 0 Å². The van der Waals surface area contributed by atoms with E-state index in [9.17, 15) is 4.79 Å². The van der Waals surface area contributed by atoms with Crippen molar-refractivity contribution in [2.24, 2.45) is 0 Å². The molecule has 1 amide bonds. The molecule has 4 nitrogen and oxygen atoms in total. The number of nitrogens with zero attached hydrogens (tertiary/aromatic N) is 2. The molecule has 0 aromatic carbocycles. The van der Waals surface area contributed by atoms with Gasteiger partial charge in [-0.05, 0) is 31.5 Å². The van der Waals surface area contributed by atoms with Crippen LogP contribution in [0.15, 0.2) is 24.5 Å². The molecular formula is C12H17N3O. The smallest absolute Gasteiger partial charge is 0.244 e. The van der Waals surface area contributed by atoms with Crippen LogP contribution in [0.4, 0.5) is 0 Å². The maximum absolute atomic E-state index is 12.2. The number of hydrogen-bond donors (Lipinski definition) is 1. The number of likely N-dealkylation sites (tertiary alicyclic amines) is 1. The number of nitrogens with one attached hydrogen (secondary N) is 1. The second-order valence-corrected chi connectivity index (χ2v) is 4.04. The second kappa shape index (κ2) is 5.07. The molecule has 1 saturated heterocycles. The molecule has 0 radical (unpaired) electrons. The Balaban J connectivity index is 2.13. The Morgan fingerprint density at radius 1 is 1.50 bits per heavy atom. The Morgan fingerprint density at radius 3 is 2.81 bits per heavy atom. The number of pyridine rings is 1. The van der Waals surface area contributed by atoms with E-state index in [4.69, 9.17) is 0 Å². The van der Waals surface area contributed by atoms with Crippen molar-refractivity contribution < 1.29 is 4.79 Å². The number of hydrogen-bond acceptors (Lipinski definition) is 3. The molecule has 0 aliphatic carbocycles. The van der Waals surface area contributed by atoms with Gasteiger partial charge >= 0.3 is 0 Å². The van der Waals surface area contributed by atoms with E-state index in [2.05, 4.69) is 10.3 Å². The van der Waals surface area contributed by atoms with E-state index in [-0.39, 0.29) is 11.9 Å². The van der Waals surface area contributed by atoms with E-state index in [1.807, 2.05) is 24.1 Å². The summed E-state index contributed by atoms with van der Waals surface area (Å²) in [5, 5.41) is 3.06. The molecule has 0 spiro atoms. The SMILES string of the molecule is CNC(C(=O)N1CCCC1)c1cccnc1. The van der Waals surface area contributed by atoms with Crippen molar-refractivity contribution in [3.63, 3.8) is 0 Å². The van der Waals surface area contributed by atoms with Crippen molar-refractivity contribution in [2.75, 3.05) is 20.1 Å². The molecule has 1 aromatic rings. The summed E-state index contributed by atoms with van der Waals surface area (Å²) >= 11 is 0. The molecule has 1 fully saturated rings. The lowest BCUT2D eigenvalue weighted by Gasteiger charge is -2.22. The highest BCUT2D eigenvalue weighted by Gasteiger charge is 2.26. The number of carbonyl (C=O) groups is 1. The minimum absolute atomic E-state index is 0.160. The Bertz CT molecular complexity index is 347. The molecule has 1 N–H and O–H groups in total. The summed E-state index contributed by atoms with van der Waals surface area (Å²) in [5.74, 6) is 0.160. The lowest BCUT2D eigenvalue weighted by Crippen LogP contribution is -2.38. The van der Waals surface area contributed by atoms with Gasteiger partial charge in [0.1, 0.15) is 6.04 Å². The monoisotopic (exact) mass is 219 g/mol. The standard InChI is InChI=1S/C12H17N3O/c1-13-11(10-5-4-6-14-9-10)12(16)15-7-2-3-8-15/h4-6,9,11,13H,2-3,7-8H2,1H3. The Kier molecular flexibility index (Phi) is 3.51. The van der Waals surface area contributed by atoms with E-state index in [1.54, 1.807) is 12.4 Å². The lowest BCUT2D eigenvalue weighted by atomic mass is 10.1. The number of carbonyl (C=O) groups excluding carboxylic acids is 1. The first-order valence-corrected chi connectivity index (χ1v) is 5.69. The Morgan fingerprint density at radius 2 is 2.25 bits per heavy atom. The van der Waals surface area contributed by atoms with E-state index in [0.717, 1.165) is 31.5 Å². The van der Waals surface area contributed by atoms with Crippen LogP contribution in [-0.2, 0) is 4.79 Å². The van der Waals surface area contributed by atoms with Crippen LogP contribution in [-0.4, -0.2) is 35.9 Å². The molecule has 16 heavy (non-hydrogen) atoms. The number of aromatic nitrogens is 1. The highest BCUT2D eigenvalue weighted by atomic mass is 16.2. The number of likely N-dealkylation sites (N-methyl/N-ethyl adjacent to an activating group) is 1. The van der Waals surface area contributed by atoms with Gasteiger partial charge in [0.2, 0.25) is 5.91 Å². The summed E-state index contributed by atoms with van der Waals surface area (Å²) in [6.07, 6.45) is 5.70. The second-order valence-electron chi connectivity index (χ2n) is 4.04. The molecule has 1 aromatic heterocycles. The zero-order valence-corrected chi connectivity index (χ0v) is 9.52. The van der Waals surface area contributed by atoms with Crippen molar-refractivity contribution >= 4 is 5.91 Å². The van der Waals surface area contributed by atoms with E-state index in [1.165, 1.54) is 0 Å². The molecule has 1 aliphatic heterocycles. The van der Waals surface area contributed by atoms with Gasteiger partial charge in [-0.2, -0.15) is 0 Å². The van der Waals surface area contributed by atoms with Crippen molar-refractivity contribution in [2.45, 2.75) is 18.9 Å². The molecule has 2 rings (SSSR count). The molecule has 86 valence electrons. The highest BCUT2D eigenvalue weighted by molar-refractivity contribution is 5.83. The maximum atomic E-state index is 12.2. The average Bonchev–Trinajstić information content (AvgIpc) is 2.85. The third kappa shape index (κ3) is 2.22. The van der Waals surface area contributed by atoms with Gasteiger partial charge in [0.15, 0.2) is 0 Å². The zero-order valence-electron chi connectivity index (χ0n) is 9.52. The molecule has 1 aliphatic rings. The quantitative estimate of drug-likeness (QED) is 0.823. The van der Waals surface area contributed by atoms with Gasteiger partial charge in [0.25, 0.3) is 0 Å². The summed E-state index contributed by atoms with van der Waals surface area (Å²) in [4.78, 5) is 18.2. The molecule has 1 unspecified atom stereocenters. The van der Waals surface area contributed by atoms with Crippen LogP contribution in [0.25, 0.3) is 0 Å². The lowest BCUT2D eigenvalue weighted by molar-refractivity contribution is -0.132. The summed E-state index contributed by atoms with van der Waals surface area (Å²) in [5.41, 5.74) is 0.932. The fourth-order valence-corrected chi connectivity index (χ4v) is 2.10. The predicted octanol–water partition coefficient (Wildman–Crippen LogP) is 0.964. The first kappa shape index (κ1) is 11.1. The van der Waals surface area contributed by atoms with Crippen molar-refractivity contribution in [1.82, 2.24) is 15.2 Å². The van der Waals surface area contributed by atoms with Crippen LogP contribution in [0.1, 0.15) is 24.4 Å². The zero-order chi connectivity index (χ0) is 11.4. The van der Waals surface area contributed by atoms with Gasteiger partial charge in [-0.15, -0.1) is 0 Å². The first-order valence-electron chi connectivity index (χ1n) is 5.69. The molecular weight excluding hydrogens is 202 g/mol. The molecule has 1 atom stereocenters. The minimum Gasteiger partial charge on any atom is -0.341 e. The fraction of sp³-hybridized carbons (Fsp3) is 0.500. The Hall–Kier alpha value is -1.42. The first-order chi connectivity index (χ1) is 7.83. The predicted molar refractivity (Wildman–Crippen MR) is 61.9 cm³/mol. The minimum atomic E-state index is -0.258. The summed E-state index contributed by atoms with van der Waals surface area (Å²) < 4.78 is 0. The van der Waals surface area contributed by atoms with Gasteiger partial charge in [-0.3, -0.25) is 9.78 Å². The van der Waals surface area contributed by atoms with Crippen LogP contribution < -0.4 is 5.32 Å². The van der Waals surface area contributed by atoms with Crippen LogP contribution in [0.3, 0.4) is 0 Å². The third-order valence-electron chi connectivity index (χ3n) is 2.97. The third-order valence-corrected chi connectivity index (χ3v) is 2.97. The summed E-state index contributed by atoms with van der Waals surface area (Å²) in [7, 11) is 1.81. The Labute approximate surface area is 95.7 Å². The van der Waals surface area contributed by atoms with Gasteiger partial charge in [-0.1, -0.05) is 6.07 Å². The molecule has 2 heterocycles. The van der Waals surface area contributed by atoms with Crippen molar-refractivity contribution in [3.05, 3.63) is 30.1 Å². The van der Waals surface area contributed by atoms with Crippen LogP contribution >= 0.6 is 0 Å². The normalized spacial score (nSPS) is 17.4.